The zero-order valence-electron chi connectivity index (χ0n) is 23.5. The van der Waals surface area contributed by atoms with E-state index in [0.29, 0.717) is 30.4 Å². The molecule has 0 radical (unpaired) electrons. The van der Waals surface area contributed by atoms with Gasteiger partial charge in [0.1, 0.15) is 0 Å². The Bertz CT molecular complexity index is 1460. The summed E-state index contributed by atoms with van der Waals surface area (Å²) in [6, 6.07) is 3.80. The summed E-state index contributed by atoms with van der Waals surface area (Å²) < 4.78 is 39.2. The minimum Gasteiger partial charge on any atom is -0.494 e. The average molecular weight is 584 g/mol. The van der Waals surface area contributed by atoms with Crippen LogP contribution in [0.1, 0.15) is 50.5 Å². The fourth-order valence-corrected chi connectivity index (χ4v) is 6.48. The van der Waals surface area contributed by atoms with Gasteiger partial charge in [-0.15, -0.1) is 5.10 Å². The second-order valence-corrected chi connectivity index (χ2v) is 11.7. The number of allylic oxidation sites excluding steroid dienone is 4. The SMILES string of the molecule is O=C(CCC(F)(F)F)N1CC=C(c2cccn3nc(NC4=CC(=C(O)N5CCCC6(CCNCC6)C5)C=C4)nc23)CC1. The van der Waals surface area contributed by atoms with Gasteiger partial charge in [-0.1, -0.05) is 6.08 Å². The van der Waals surface area contributed by atoms with Gasteiger partial charge in [-0.05, 0) is 86.5 Å². The summed E-state index contributed by atoms with van der Waals surface area (Å²) >= 11 is 0. The Morgan fingerprint density at radius 3 is 2.74 bits per heavy atom. The quantitative estimate of drug-likeness (QED) is 0.421. The predicted octanol–water partition coefficient (Wildman–Crippen LogP) is 4.79. The van der Waals surface area contributed by atoms with E-state index in [-0.39, 0.29) is 12.0 Å². The number of carbonyl (C=O) groups excluding carboxylic acids is 1. The summed E-state index contributed by atoms with van der Waals surface area (Å²) in [5.74, 6) is 0.227. The number of aliphatic hydroxyl groups excluding tert-OH is 1. The number of aliphatic hydroxyl groups is 1. The third-order valence-corrected chi connectivity index (χ3v) is 8.79. The Kier molecular flexibility index (Phi) is 7.73. The van der Waals surface area contributed by atoms with Gasteiger partial charge in [0.15, 0.2) is 11.5 Å². The maximum Gasteiger partial charge on any atom is 0.389 e. The molecule has 2 aromatic heterocycles. The maximum atomic E-state index is 12.5. The van der Waals surface area contributed by atoms with Crippen LogP contribution < -0.4 is 10.6 Å². The Balaban J connectivity index is 1.13. The Hall–Kier alpha value is -3.80. The number of alkyl halides is 3. The van der Waals surface area contributed by atoms with E-state index in [4.69, 9.17) is 4.98 Å². The lowest BCUT2D eigenvalue weighted by atomic mass is 9.73. The number of anilines is 1. The minimum absolute atomic E-state index is 0.262. The topological polar surface area (TPSA) is 98.0 Å². The van der Waals surface area contributed by atoms with Crippen LogP contribution in [0.4, 0.5) is 19.1 Å². The van der Waals surface area contributed by atoms with Crippen molar-refractivity contribution >= 4 is 23.1 Å². The molecule has 1 spiro atoms. The molecule has 5 heterocycles. The van der Waals surface area contributed by atoms with E-state index in [1.165, 1.54) is 11.3 Å². The summed E-state index contributed by atoms with van der Waals surface area (Å²) in [7, 11) is 0. The monoisotopic (exact) mass is 583 g/mol. The third-order valence-electron chi connectivity index (χ3n) is 8.79. The molecule has 0 saturated carbocycles. The maximum absolute atomic E-state index is 12.5. The van der Waals surface area contributed by atoms with Crippen molar-refractivity contribution in [3.8, 4) is 0 Å². The first kappa shape index (κ1) is 28.3. The number of likely N-dealkylation sites (tertiary alicyclic amines) is 1. The van der Waals surface area contributed by atoms with Gasteiger partial charge in [0.2, 0.25) is 11.9 Å². The van der Waals surface area contributed by atoms with Crippen LogP contribution >= 0.6 is 0 Å². The Morgan fingerprint density at radius 2 is 1.98 bits per heavy atom. The highest BCUT2D eigenvalue weighted by Gasteiger charge is 2.37. The van der Waals surface area contributed by atoms with Crippen LogP contribution in [-0.2, 0) is 4.79 Å². The number of hydrogen-bond acceptors (Lipinski definition) is 7. The molecule has 6 rings (SSSR count). The fraction of sp³-hybridized carbons (Fsp3) is 0.500. The van der Waals surface area contributed by atoms with Crippen molar-refractivity contribution < 1.29 is 23.1 Å². The van der Waals surface area contributed by atoms with E-state index in [1.807, 2.05) is 36.4 Å². The molecule has 0 atom stereocenters. The number of carbonyl (C=O) groups is 1. The summed E-state index contributed by atoms with van der Waals surface area (Å²) in [5, 5.41) is 22.4. The molecule has 3 N–H and O–H groups in total. The number of rotatable bonds is 6. The molecule has 2 saturated heterocycles. The molecule has 3 aliphatic heterocycles. The Morgan fingerprint density at radius 1 is 1.14 bits per heavy atom. The van der Waals surface area contributed by atoms with Gasteiger partial charge < -0.3 is 25.5 Å². The van der Waals surface area contributed by atoms with Crippen molar-refractivity contribution in [1.82, 2.24) is 29.7 Å². The van der Waals surface area contributed by atoms with Crippen molar-refractivity contribution in [1.29, 1.82) is 0 Å². The van der Waals surface area contributed by atoms with Crippen molar-refractivity contribution in [3.63, 3.8) is 0 Å². The normalized spacial score (nSPS) is 22.0. The van der Waals surface area contributed by atoms with E-state index >= 15 is 0 Å². The summed E-state index contributed by atoms with van der Waals surface area (Å²) in [6.07, 6.45) is 8.49. The van der Waals surface area contributed by atoms with E-state index in [1.54, 1.807) is 10.7 Å². The van der Waals surface area contributed by atoms with Crippen LogP contribution in [0.2, 0.25) is 0 Å². The fourth-order valence-electron chi connectivity index (χ4n) is 6.48. The number of nitrogens with zero attached hydrogens (tertiary/aromatic N) is 5. The molecule has 0 aromatic carbocycles. The average Bonchev–Trinajstić information content (AvgIpc) is 3.62. The van der Waals surface area contributed by atoms with Gasteiger partial charge in [-0.2, -0.15) is 18.2 Å². The highest BCUT2D eigenvalue weighted by atomic mass is 19.4. The van der Waals surface area contributed by atoms with E-state index in [0.717, 1.165) is 67.8 Å². The van der Waals surface area contributed by atoms with E-state index in [9.17, 15) is 23.1 Å². The van der Waals surface area contributed by atoms with Crippen LogP contribution in [0.15, 0.2) is 59.8 Å². The van der Waals surface area contributed by atoms with Gasteiger partial charge in [-0.25, -0.2) is 4.52 Å². The Labute approximate surface area is 242 Å². The standard InChI is InChI=1S/C30H36F3N7O2/c31-30(32,33)10-6-25(41)38-17-7-21(8-18-38)24-3-1-16-40-26(24)36-28(37-40)35-23-5-4-22(19-23)27(42)39-15-2-9-29(20-39)11-13-34-14-12-29/h1,3-5,7,16,19,34,42H,2,6,8-15,17-18,20H2,(H,35,37). The minimum atomic E-state index is -4.34. The first-order valence-electron chi connectivity index (χ1n) is 14.6. The third kappa shape index (κ3) is 6.18. The number of piperidine rings is 2. The number of fused-ring (bicyclic) bond motifs is 1. The van der Waals surface area contributed by atoms with Crippen LogP contribution in [0, 0.1) is 5.41 Å². The highest BCUT2D eigenvalue weighted by molar-refractivity contribution is 5.81. The van der Waals surface area contributed by atoms with Crippen LogP contribution in [0.25, 0.3) is 11.2 Å². The number of nitrogens with one attached hydrogen (secondary N) is 2. The predicted molar refractivity (Wildman–Crippen MR) is 153 cm³/mol. The molecule has 2 fully saturated rings. The zero-order chi connectivity index (χ0) is 29.3. The molecule has 0 unspecified atom stereocenters. The highest BCUT2D eigenvalue weighted by Crippen LogP contribution is 2.39. The molecule has 4 aliphatic rings. The van der Waals surface area contributed by atoms with Crippen molar-refractivity contribution in [2.24, 2.45) is 5.41 Å². The number of hydrogen-bond donors (Lipinski definition) is 3. The van der Waals surface area contributed by atoms with Gasteiger partial charge >= 0.3 is 6.18 Å². The number of aromatic nitrogens is 3. The molecule has 12 heteroatoms. The van der Waals surface area contributed by atoms with Gasteiger partial charge in [0, 0.05) is 55.6 Å². The number of halogens is 3. The summed E-state index contributed by atoms with van der Waals surface area (Å²) in [6.45, 7) is 4.41. The molecule has 224 valence electrons. The molecular weight excluding hydrogens is 547 g/mol. The second kappa shape index (κ2) is 11.5. The van der Waals surface area contributed by atoms with Crippen LogP contribution in [-0.4, -0.2) is 80.9 Å². The van der Waals surface area contributed by atoms with Crippen molar-refractivity contribution in [2.75, 3.05) is 44.6 Å². The lowest BCUT2D eigenvalue weighted by molar-refractivity contribution is -0.148. The second-order valence-electron chi connectivity index (χ2n) is 11.7. The molecule has 1 amide bonds. The van der Waals surface area contributed by atoms with Gasteiger partial charge in [0.05, 0.1) is 6.42 Å². The molecule has 42 heavy (non-hydrogen) atoms. The van der Waals surface area contributed by atoms with Gasteiger partial charge in [0.25, 0.3) is 0 Å². The summed E-state index contributed by atoms with van der Waals surface area (Å²) in [5.41, 5.74) is 4.29. The molecule has 0 bridgehead atoms. The van der Waals surface area contributed by atoms with Crippen LogP contribution in [0.3, 0.4) is 0 Å². The number of amides is 1. The van der Waals surface area contributed by atoms with Gasteiger partial charge in [-0.3, -0.25) is 4.79 Å². The molecular formula is C30H36F3N7O2. The summed E-state index contributed by atoms with van der Waals surface area (Å²) in [4.78, 5) is 20.5. The van der Waals surface area contributed by atoms with E-state index < -0.39 is 24.9 Å². The zero-order valence-corrected chi connectivity index (χ0v) is 23.5. The van der Waals surface area contributed by atoms with Crippen LogP contribution in [0.5, 0.6) is 0 Å². The lowest BCUT2D eigenvalue weighted by Gasteiger charge is -2.46. The number of pyridine rings is 1. The largest absolute Gasteiger partial charge is 0.494 e. The molecule has 1 aliphatic carbocycles. The molecule has 9 nitrogen and oxygen atoms in total. The van der Waals surface area contributed by atoms with Crippen molar-refractivity contribution in [3.05, 3.63) is 65.4 Å². The van der Waals surface area contributed by atoms with Crippen molar-refractivity contribution in [2.45, 2.75) is 51.1 Å². The lowest BCUT2D eigenvalue weighted by Crippen LogP contribution is -2.48. The first-order valence-corrected chi connectivity index (χ1v) is 14.6. The van der Waals surface area contributed by atoms with E-state index in [2.05, 4.69) is 20.6 Å². The molecule has 2 aromatic rings. The first-order chi connectivity index (χ1) is 20.2. The smallest absolute Gasteiger partial charge is 0.389 e.